The number of carboxylic acids is 1. The number of carbonyl (C=O) groups excluding carboxylic acids is 4. The molecule has 172 valence electrons. The average Bonchev–Trinajstić information content (AvgIpc) is 2.70. The number of thiol groups is 1. The summed E-state index contributed by atoms with van der Waals surface area (Å²) in [4.78, 5) is 59.3. The molecule has 4 unspecified atom stereocenters. The van der Waals surface area contributed by atoms with Crippen molar-refractivity contribution in [3.05, 3.63) is 0 Å². The van der Waals surface area contributed by atoms with Gasteiger partial charge in [-0.1, -0.05) is 0 Å². The summed E-state index contributed by atoms with van der Waals surface area (Å²) in [5.74, 6) is -4.06. The summed E-state index contributed by atoms with van der Waals surface area (Å²) in [7, 11) is 0. The van der Waals surface area contributed by atoms with Crippen LogP contribution in [-0.2, 0) is 24.0 Å². The smallest absolute Gasteiger partial charge is 0.327 e. The van der Waals surface area contributed by atoms with Gasteiger partial charge in [0.15, 0.2) is 0 Å². The number of primary amides is 1. The van der Waals surface area contributed by atoms with E-state index >= 15 is 0 Å². The molecule has 0 aliphatic heterocycles. The van der Waals surface area contributed by atoms with Crippen LogP contribution in [0.1, 0.15) is 19.3 Å². The molecule has 0 heterocycles. The van der Waals surface area contributed by atoms with E-state index in [9.17, 15) is 24.0 Å². The molecule has 0 spiro atoms. The lowest BCUT2D eigenvalue weighted by Crippen LogP contribution is -2.57. The quantitative estimate of drug-likeness (QED) is 0.114. The molecule has 0 saturated carbocycles. The summed E-state index contributed by atoms with van der Waals surface area (Å²) in [5.41, 5.74) is 10.5. The van der Waals surface area contributed by atoms with Crippen LogP contribution in [0.2, 0.25) is 0 Å². The van der Waals surface area contributed by atoms with Gasteiger partial charge in [0.25, 0.3) is 0 Å². The Balaban J connectivity index is 5.38. The molecule has 30 heavy (non-hydrogen) atoms. The highest BCUT2D eigenvalue weighted by Gasteiger charge is 2.30. The number of thioether (sulfide) groups is 1. The van der Waals surface area contributed by atoms with Crippen molar-refractivity contribution in [3.63, 3.8) is 0 Å². The number of carboxylic acid groups (broad SMARTS) is 1. The van der Waals surface area contributed by atoms with Crippen molar-refractivity contribution in [3.8, 4) is 0 Å². The lowest BCUT2D eigenvalue weighted by Gasteiger charge is -2.24. The summed E-state index contributed by atoms with van der Waals surface area (Å²) in [5, 5.41) is 25.1. The first-order chi connectivity index (χ1) is 14.1. The number of nitrogens with one attached hydrogen (secondary N) is 3. The van der Waals surface area contributed by atoms with E-state index in [1.807, 2.05) is 0 Å². The third kappa shape index (κ3) is 10.7. The first kappa shape index (κ1) is 28.0. The molecule has 14 heteroatoms. The summed E-state index contributed by atoms with van der Waals surface area (Å²) in [6.07, 6.45) is 1.58. The highest BCUT2D eigenvalue weighted by atomic mass is 32.2. The van der Waals surface area contributed by atoms with Crippen LogP contribution in [0.25, 0.3) is 0 Å². The van der Waals surface area contributed by atoms with Crippen molar-refractivity contribution in [2.24, 2.45) is 11.5 Å². The second kappa shape index (κ2) is 14.9. The van der Waals surface area contributed by atoms with E-state index in [2.05, 4.69) is 28.6 Å². The molecule has 0 rings (SSSR count). The lowest BCUT2D eigenvalue weighted by molar-refractivity contribution is -0.141. The van der Waals surface area contributed by atoms with Crippen LogP contribution in [0.5, 0.6) is 0 Å². The minimum Gasteiger partial charge on any atom is -0.480 e. The maximum Gasteiger partial charge on any atom is 0.327 e. The van der Waals surface area contributed by atoms with E-state index in [-0.39, 0.29) is 25.0 Å². The molecule has 0 bridgehead atoms. The standard InChI is InChI=1S/C16H29N5O7S2/c1-30-5-4-10(19-13(24)8(17)6-22)15(26)20-9(2-3-12(18)23)14(25)21-11(7-29)16(27)28/h8-11,22,29H,2-7,17H2,1H3,(H2,18,23)(H,19,24)(H,20,26)(H,21,25)(H,27,28). The summed E-state index contributed by atoms with van der Waals surface area (Å²) >= 11 is 5.27. The number of aliphatic carboxylic acids is 1. The van der Waals surface area contributed by atoms with E-state index in [1.165, 1.54) is 11.8 Å². The zero-order valence-corrected chi connectivity index (χ0v) is 18.2. The van der Waals surface area contributed by atoms with Crippen LogP contribution in [-0.4, -0.2) is 88.3 Å². The lowest BCUT2D eigenvalue weighted by atomic mass is 10.1. The topological polar surface area (TPSA) is 214 Å². The highest BCUT2D eigenvalue weighted by Crippen LogP contribution is 2.05. The van der Waals surface area contributed by atoms with Gasteiger partial charge in [0.1, 0.15) is 24.2 Å². The number of rotatable bonds is 15. The number of hydrogen-bond acceptors (Lipinski definition) is 9. The number of nitrogens with two attached hydrogens (primary N) is 2. The first-order valence-electron chi connectivity index (χ1n) is 8.95. The van der Waals surface area contributed by atoms with Gasteiger partial charge in [0.05, 0.1) is 6.61 Å². The third-order valence-electron chi connectivity index (χ3n) is 3.89. The third-order valence-corrected chi connectivity index (χ3v) is 4.90. The normalized spacial score (nSPS) is 14.7. The van der Waals surface area contributed by atoms with Gasteiger partial charge in [-0.25, -0.2) is 4.79 Å². The molecule has 4 amide bonds. The van der Waals surface area contributed by atoms with Crippen molar-refractivity contribution >= 4 is 54.0 Å². The fourth-order valence-electron chi connectivity index (χ4n) is 2.15. The molecule has 0 aromatic rings. The van der Waals surface area contributed by atoms with Crippen LogP contribution < -0.4 is 27.4 Å². The molecule has 9 N–H and O–H groups in total. The number of carbonyl (C=O) groups is 5. The van der Waals surface area contributed by atoms with Gasteiger partial charge >= 0.3 is 5.97 Å². The molecular weight excluding hydrogens is 438 g/mol. The van der Waals surface area contributed by atoms with E-state index in [0.29, 0.717) is 5.75 Å². The average molecular weight is 468 g/mol. The predicted octanol–water partition coefficient (Wildman–Crippen LogP) is -3.21. The van der Waals surface area contributed by atoms with Gasteiger partial charge in [-0.15, -0.1) is 0 Å². The van der Waals surface area contributed by atoms with Crippen LogP contribution in [0.15, 0.2) is 0 Å². The predicted molar refractivity (Wildman–Crippen MR) is 114 cm³/mol. The van der Waals surface area contributed by atoms with Crippen LogP contribution in [0.3, 0.4) is 0 Å². The Morgan fingerprint density at radius 1 is 0.967 bits per heavy atom. The number of aliphatic hydroxyl groups excluding tert-OH is 1. The minimum atomic E-state index is -1.32. The highest BCUT2D eigenvalue weighted by molar-refractivity contribution is 7.98. The summed E-state index contributed by atoms with van der Waals surface area (Å²) < 4.78 is 0. The molecule has 0 saturated heterocycles. The fourth-order valence-corrected chi connectivity index (χ4v) is 2.87. The second-order valence-electron chi connectivity index (χ2n) is 6.28. The van der Waals surface area contributed by atoms with Crippen LogP contribution in [0.4, 0.5) is 0 Å². The van der Waals surface area contributed by atoms with Gasteiger partial charge in [-0.05, 0) is 24.9 Å². The molecule has 0 aliphatic rings. The Labute approximate surface area is 183 Å². The van der Waals surface area contributed by atoms with Gasteiger partial charge in [0.2, 0.25) is 23.6 Å². The Kier molecular flexibility index (Phi) is 13.9. The van der Waals surface area contributed by atoms with Crippen molar-refractivity contribution in [2.75, 3.05) is 24.4 Å². The molecule has 0 aromatic heterocycles. The molecule has 0 aliphatic carbocycles. The molecule has 0 radical (unpaired) electrons. The Morgan fingerprint density at radius 2 is 1.47 bits per heavy atom. The monoisotopic (exact) mass is 467 g/mol. The Bertz CT molecular complexity index is 623. The zero-order chi connectivity index (χ0) is 23.3. The van der Waals surface area contributed by atoms with E-state index in [1.54, 1.807) is 6.26 Å². The molecule has 12 nitrogen and oxygen atoms in total. The number of hydrogen-bond donors (Lipinski definition) is 8. The first-order valence-corrected chi connectivity index (χ1v) is 11.0. The summed E-state index contributed by atoms with van der Waals surface area (Å²) in [6, 6.07) is -4.86. The molecule has 0 fully saturated rings. The fraction of sp³-hybridized carbons (Fsp3) is 0.688. The van der Waals surface area contributed by atoms with Crippen LogP contribution in [0, 0.1) is 0 Å². The molecular formula is C16H29N5O7S2. The molecule has 0 aromatic carbocycles. The minimum absolute atomic E-state index is 0.175. The van der Waals surface area contributed by atoms with Crippen molar-refractivity contribution < 1.29 is 34.2 Å². The van der Waals surface area contributed by atoms with Gasteiger partial charge in [-0.3, -0.25) is 19.2 Å². The van der Waals surface area contributed by atoms with Crippen molar-refractivity contribution in [1.29, 1.82) is 0 Å². The molecule has 4 atom stereocenters. The Hall–Kier alpha value is -2.03. The van der Waals surface area contributed by atoms with E-state index in [4.69, 9.17) is 21.7 Å². The SMILES string of the molecule is CSCCC(NC(=O)C(N)CO)C(=O)NC(CCC(N)=O)C(=O)NC(CS)C(=O)O. The zero-order valence-electron chi connectivity index (χ0n) is 16.5. The van der Waals surface area contributed by atoms with E-state index < -0.39 is 60.4 Å². The van der Waals surface area contributed by atoms with Gasteiger partial charge < -0.3 is 37.6 Å². The second-order valence-corrected chi connectivity index (χ2v) is 7.63. The van der Waals surface area contributed by atoms with Gasteiger partial charge in [0, 0.05) is 12.2 Å². The summed E-state index contributed by atoms with van der Waals surface area (Å²) in [6.45, 7) is -0.618. The number of aliphatic hydroxyl groups is 1. The number of amides is 4. The Morgan fingerprint density at radius 3 is 1.90 bits per heavy atom. The maximum atomic E-state index is 12.7. The van der Waals surface area contributed by atoms with Gasteiger partial charge in [-0.2, -0.15) is 24.4 Å². The largest absolute Gasteiger partial charge is 0.480 e. The maximum absolute atomic E-state index is 12.7. The van der Waals surface area contributed by atoms with Crippen LogP contribution >= 0.6 is 24.4 Å². The van der Waals surface area contributed by atoms with Crippen molar-refractivity contribution in [2.45, 2.75) is 43.4 Å². The van der Waals surface area contributed by atoms with E-state index in [0.717, 1.165) is 0 Å². The van der Waals surface area contributed by atoms with Crippen molar-refractivity contribution in [1.82, 2.24) is 16.0 Å².